The minimum atomic E-state index is -0.551. The number of ether oxygens (including phenoxy) is 1. The van der Waals surface area contributed by atoms with Gasteiger partial charge in [-0.3, -0.25) is 4.79 Å². The summed E-state index contributed by atoms with van der Waals surface area (Å²) in [6, 6.07) is 11.9. The topological polar surface area (TPSA) is 55.4 Å². The molecule has 0 atom stereocenters. The molecule has 0 saturated carbocycles. The van der Waals surface area contributed by atoms with Gasteiger partial charge in [0.25, 0.3) is 5.91 Å². The van der Waals surface area contributed by atoms with E-state index in [2.05, 4.69) is 26.1 Å². The lowest BCUT2D eigenvalue weighted by Gasteiger charge is -2.18. The van der Waals surface area contributed by atoms with Gasteiger partial charge < -0.3 is 10.1 Å². The maximum absolute atomic E-state index is 12.0. The van der Waals surface area contributed by atoms with Gasteiger partial charge in [-0.1, -0.05) is 56.1 Å². The fraction of sp³-hybridized carbons (Fsp3) is 0.263. The van der Waals surface area contributed by atoms with Crippen LogP contribution >= 0.6 is 23.2 Å². The van der Waals surface area contributed by atoms with Crippen molar-refractivity contribution < 1.29 is 14.3 Å². The Labute approximate surface area is 157 Å². The number of hydrogen-bond acceptors (Lipinski definition) is 3. The monoisotopic (exact) mass is 379 g/mol. The lowest BCUT2D eigenvalue weighted by atomic mass is 9.87. The highest BCUT2D eigenvalue weighted by molar-refractivity contribution is 6.42. The van der Waals surface area contributed by atoms with Crippen molar-refractivity contribution in [1.82, 2.24) is 0 Å². The molecule has 1 amide bonds. The predicted molar refractivity (Wildman–Crippen MR) is 101 cm³/mol. The van der Waals surface area contributed by atoms with Gasteiger partial charge in [0, 0.05) is 5.69 Å². The third-order valence-electron chi connectivity index (χ3n) is 3.52. The Bertz CT molecular complexity index is 780. The number of hydrogen-bond donors (Lipinski definition) is 1. The molecule has 6 heteroatoms. The van der Waals surface area contributed by atoms with Crippen LogP contribution in [0.5, 0.6) is 0 Å². The van der Waals surface area contributed by atoms with E-state index in [4.69, 9.17) is 27.9 Å². The van der Waals surface area contributed by atoms with Crippen LogP contribution in [0.1, 0.15) is 36.7 Å². The summed E-state index contributed by atoms with van der Waals surface area (Å²) < 4.78 is 5.03. The zero-order valence-corrected chi connectivity index (χ0v) is 15.7. The largest absolute Gasteiger partial charge is 0.452 e. The van der Waals surface area contributed by atoms with Crippen molar-refractivity contribution >= 4 is 40.8 Å². The smallest absolute Gasteiger partial charge is 0.338 e. The second kappa shape index (κ2) is 7.89. The molecule has 0 heterocycles. The molecule has 0 aliphatic heterocycles. The van der Waals surface area contributed by atoms with Crippen molar-refractivity contribution in [3.05, 3.63) is 63.6 Å². The van der Waals surface area contributed by atoms with Crippen molar-refractivity contribution in [2.75, 3.05) is 11.9 Å². The fourth-order valence-corrected chi connectivity index (χ4v) is 2.39. The molecule has 0 spiro atoms. The molecule has 0 aromatic heterocycles. The highest BCUT2D eigenvalue weighted by Gasteiger charge is 2.15. The Morgan fingerprint density at radius 1 is 1.00 bits per heavy atom. The second-order valence-corrected chi connectivity index (χ2v) is 7.39. The van der Waals surface area contributed by atoms with Gasteiger partial charge in [0.15, 0.2) is 6.61 Å². The van der Waals surface area contributed by atoms with E-state index >= 15 is 0 Å². The molecule has 1 N–H and O–H groups in total. The first-order valence-corrected chi connectivity index (χ1v) is 8.45. The van der Waals surface area contributed by atoms with Gasteiger partial charge >= 0.3 is 5.97 Å². The third-order valence-corrected chi connectivity index (χ3v) is 4.26. The Morgan fingerprint density at radius 3 is 2.20 bits per heavy atom. The van der Waals surface area contributed by atoms with Crippen molar-refractivity contribution in [3.8, 4) is 0 Å². The molecule has 0 radical (unpaired) electrons. The molecule has 4 nitrogen and oxygen atoms in total. The Hall–Kier alpha value is -2.04. The normalized spacial score (nSPS) is 11.1. The summed E-state index contributed by atoms with van der Waals surface area (Å²) in [5.74, 6) is -1.01. The fourth-order valence-electron chi connectivity index (χ4n) is 2.09. The molecule has 0 saturated heterocycles. The van der Waals surface area contributed by atoms with E-state index in [1.165, 1.54) is 6.07 Å². The van der Waals surface area contributed by atoms with E-state index in [1.807, 2.05) is 12.1 Å². The van der Waals surface area contributed by atoms with Crippen molar-refractivity contribution in [1.29, 1.82) is 0 Å². The minimum Gasteiger partial charge on any atom is -0.452 e. The molecular formula is C19H19Cl2NO3. The summed E-state index contributed by atoms with van der Waals surface area (Å²) in [5.41, 5.74) is 1.99. The van der Waals surface area contributed by atoms with Crippen LogP contribution in [0, 0.1) is 0 Å². The summed E-state index contributed by atoms with van der Waals surface area (Å²) >= 11 is 11.7. The van der Waals surface area contributed by atoms with Gasteiger partial charge in [-0.2, -0.15) is 0 Å². The lowest BCUT2D eigenvalue weighted by molar-refractivity contribution is -0.119. The minimum absolute atomic E-state index is 0.00216. The quantitative estimate of drug-likeness (QED) is 0.752. The standard InChI is InChI=1S/C19H19Cl2NO3/c1-19(2,3)13-6-4-12(5-7-13)18(24)25-11-17(23)22-14-8-9-15(20)16(21)10-14/h4-10H,11H2,1-3H3,(H,22,23). The van der Waals surface area contributed by atoms with Gasteiger partial charge in [0.05, 0.1) is 15.6 Å². The van der Waals surface area contributed by atoms with Crippen LogP contribution < -0.4 is 5.32 Å². The molecule has 0 fully saturated rings. The summed E-state index contributed by atoms with van der Waals surface area (Å²) in [6.45, 7) is 5.88. The molecular weight excluding hydrogens is 361 g/mol. The third kappa shape index (κ3) is 5.48. The number of amides is 1. The van der Waals surface area contributed by atoms with Crippen LogP contribution in [0.25, 0.3) is 0 Å². The zero-order valence-electron chi connectivity index (χ0n) is 14.2. The number of rotatable bonds is 4. The van der Waals surface area contributed by atoms with Gasteiger partial charge in [0.1, 0.15) is 0 Å². The SMILES string of the molecule is CC(C)(C)c1ccc(C(=O)OCC(=O)Nc2ccc(Cl)c(Cl)c2)cc1. The van der Waals surface area contributed by atoms with E-state index in [1.54, 1.807) is 24.3 Å². The first-order chi connectivity index (χ1) is 11.7. The van der Waals surface area contributed by atoms with Crippen molar-refractivity contribution in [2.24, 2.45) is 0 Å². The average molecular weight is 380 g/mol. The number of carbonyl (C=O) groups is 2. The molecule has 2 aromatic rings. The number of anilines is 1. The van der Waals surface area contributed by atoms with Crippen LogP contribution in [0.3, 0.4) is 0 Å². The number of nitrogens with one attached hydrogen (secondary N) is 1. The Kier molecular flexibility index (Phi) is 6.09. The van der Waals surface area contributed by atoms with E-state index in [-0.39, 0.29) is 12.0 Å². The van der Waals surface area contributed by atoms with Gasteiger partial charge in [0.2, 0.25) is 0 Å². The van der Waals surface area contributed by atoms with E-state index < -0.39 is 11.9 Å². The second-order valence-electron chi connectivity index (χ2n) is 6.58. The molecule has 0 aliphatic carbocycles. The maximum atomic E-state index is 12.0. The Balaban J connectivity index is 1.90. The van der Waals surface area contributed by atoms with Crippen LogP contribution in [0.15, 0.2) is 42.5 Å². The predicted octanol–water partition coefficient (Wildman–Crippen LogP) is 5.09. The zero-order chi connectivity index (χ0) is 18.6. The molecule has 2 aromatic carbocycles. The average Bonchev–Trinajstić information content (AvgIpc) is 2.55. The lowest BCUT2D eigenvalue weighted by Crippen LogP contribution is -2.21. The summed E-state index contributed by atoms with van der Waals surface area (Å²) in [5, 5.41) is 3.31. The van der Waals surface area contributed by atoms with Gasteiger partial charge in [-0.15, -0.1) is 0 Å². The van der Waals surface area contributed by atoms with E-state index in [0.29, 0.717) is 21.3 Å². The van der Waals surface area contributed by atoms with Crippen LogP contribution in [-0.2, 0) is 14.9 Å². The summed E-state index contributed by atoms with van der Waals surface area (Å²) in [4.78, 5) is 23.9. The number of carbonyl (C=O) groups excluding carboxylic acids is 2. The van der Waals surface area contributed by atoms with Gasteiger partial charge in [-0.05, 0) is 41.3 Å². The molecule has 0 unspecified atom stereocenters. The number of benzene rings is 2. The van der Waals surface area contributed by atoms with E-state index in [9.17, 15) is 9.59 Å². The maximum Gasteiger partial charge on any atom is 0.338 e. The Morgan fingerprint density at radius 2 is 1.64 bits per heavy atom. The summed E-state index contributed by atoms with van der Waals surface area (Å²) in [7, 11) is 0. The molecule has 25 heavy (non-hydrogen) atoms. The first kappa shape index (κ1) is 19.3. The molecule has 132 valence electrons. The highest BCUT2D eigenvalue weighted by Crippen LogP contribution is 2.25. The van der Waals surface area contributed by atoms with Crippen molar-refractivity contribution in [3.63, 3.8) is 0 Å². The van der Waals surface area contributed by atoms with Crippen LogP contribution in [-0.4, -0.2) is 18.5 Å². The van der Waals surface area contributed by atoms with Gasteiger partial charge in [-0.25, -0.2) is 4.79 Å². The van der Waals surface area contributed by atoms with Crippen LogP contribution in [0.2, 0.25) is 10.0 Å². The molecule has 0 bridgehead atoms. The van der Waals surface area contributed by atoms with E-state index in [0.717, 1.165) is 5.56 Å². The highest BCUT2D eigenvalue weighted by atomic mass is 35.5. The number of esters is 1. The molecule has 2 rings (SSSR count). The van der Waals surface area contributed by atoms with Crippen LogP contribution in [0.4, 0.5) is 5.69 Å². The molecule has 0 aliphatic rings. The van der Waals surface area contributed by atoms with Crippen molar-refractivity contribution in [2.45, 2.75) is 26.2 Å². The number of halogens is 2. The summed E-state index contributed by atoms with van der Waals surface area (Å²) in [6.07, 6.45) is 0. The first-order valence-electron chi connectivity index (χ1n) is 7.69.